The summed E-state index contributed by atoms with van der Waals surface area (Å²) >= 11 is 6.38. The standard InChI is InChI=1S/C27H32ClN3O2/c1-27(33,22-10-6-3-7-11-22)26(32)30-15-14-24(19-30)31(18-20-8-4-2-5-9-20)23-13-12-21(17-29)25(28)16-23/h3,6-7,10-13,16,20,24,33H,2,4-5,8-9,14-15,18-19H2,1H3/t24-,27?/m0/s1. The van der Waals surface area contributed by atoms with Gasteiger partial charge in [-0.25, -0.2) is 0 Å². The minimum Gasteiger partial charge on any atom is -0.376 e. The molecule has 1 amide bonds. The third-order valence-electron chi connectivity index (χ3n) is 7.23. The lowest BCUT2D eigenvalue weighted by Crippen LogP contribution is -2.46. The molecular weight excluding hydrogens is 434 g/mol. The van der Waals surface area contributed by atoms with E-state index >= 15 is 0 Å². The predicted octanol–water partition coefficient (Wildman–Crippen LogP) is 5.11. The average molecular weight is 466 g/mol. The van der Waals surface area contributed by atoms with Crippen molar-refractivity contribution in [1.82, 2.24) is 4.90 Å². The van der Waals surface area contributed by atoms with Crippen molar-refractivity contribution in [2.75, 3.05) is 24.5 Å². The molecule has 2 atom stereocenters. The molecule has 1 heterocycles. The van der Waals surface area contributed by atoms with Crippen LogP contribution in [0.1, 0.15) is 56.6 Å². The number of rotatable bonds is 6. The number of hydrogen-bond acceptors (Lipinski definition) is 4. The topological polar surface area (TPSA) is 67.6 Å². The Labute approximate surface area is 201 Å². The van der Waals surface area contributed by atoms with Crippen LogP contribution in [0.3, 0.4) is 0 Å². The highest BCUT2D eigenvalue weighted by Gasteiger charge is 2.40. The van der Waals surface area contributed by atoms with Gasteiger partial charge >= 0.3 is 0 Å². The number of carbonyl (C=O) groups is 1. The van der Waals surface area contributed by atoms with E-state index in [2.05, 4.69) is 11.0 Å². The normalized spacial score (nSPS) is 20.8. The predicted molar refractivity (Wildman–Crippen MR) is 131 cm³/mol. The molecule has 5 nitrogen and oxygen atoms in total. The maximum absolute atomic E-state index is 13.3. The van der Waals surface area contributed by atoms with Gasteiger partial charge in [0.15, 0.2) is 5.60 Å². The summed E-state index contributed by atoms with van der Waals surface area (Å²) in [7, 11) is 0. The fourth-order valence-electron chi connectivity index (χ4n) is 5.26. The van der Waals surface area contributed by atoms with Crippen molar-refractivity contribution >= 4 is 23.2 Å². The van der Waals surface area contributed by atoms with Crippen LogP contribution in [-0.2, 0) is 10.4 Å². The lowest BCUT2D eigenvalue weighted by Gasteiger charge is -2.36. The average Bonchev–Trinajstić information content (AvgIpc) is 3.33. The number of halogens is 1. The second-order valence-corrected chi connectivity index (χ2v) is 9.97. The van der Waals surface area contributed by atoms with E-state index in [-0.39, 0.29) is 11.9 Å². The summed E-state index contributed by atoms with van der Waals surface area (Å²) in [6.07, 6.45) is 7.11. The summed E-state index contributed by atoms with van der Waals surface area (Å²) in [5, 5.41) is 20.8. The van der Waals surface area contributed by atoms with Gasteiger partial charge in [-0.2, -0.15) is 5.26 Å². The van der Waals surface area contributed by atoms with E-state index in [9.17, 15) is 15.2 Å². The molecule has 1 aliphatic heterocycles. The lowest BCUT2D eigenvalue weighted by molar-refractivity contribution is -0.149. The number of nitriles is 1. The Bertz CT molecular complexity index is 1010. The maximum Gasteiger partial charge on any atom is 0.258 e. The van der Waals surface area contributed by atoms with Crippen LogP contribution in [0.15, 0.2) is 48.5 Å². The molecule has 2 aromatic rings. The molecule has 4 rings (SSSR count). The van der Waals surface area contributed by atoms with Crippen LogP contribution in [0, 0.1) is 17.2 Å². The molecule has 33 heavy (non-hydrogen) atoms. The molecule has 2 fully saturated rings. The van der Waals surface area contributed by atoms with Crippen LogP contribution in [0.2, 0.25) is 5.02 Å². The Kier molecular flexibility index (Phi) is 7.26. The Morgan fingerprint density at radius 3 is 2.58 bits per heavy atom. The van der Waals surface area contributed by atoms with Crippen molar-refractivity contribution in [2.45, 2.75) is 57.1 Å². The van der Waals surface area contributed by atoms with Gasteiger partial charge in [-0.05, 0) is 55.9 Å². The molecular formula is C27H32ClN3O2. The van der Waals surface area contributed by atoms with E-state index in [1.54, 1.807) is 30.0 Å². The molecule has 1 saturated heterocycles. The highest BCUT2D eigenvalue weighted by atomic mass is 35.5. The van der Waals surface area contributed by atoms with Crippen LogP contribution in [0.5, 0.6) is 0 Å². The second-order valence-electron chi connectivity index (χ2n) is 9.56. The zero-order valence-electron chi connectivity index (χ0n) is 19.2. The largest absolute Gasteiger partial charge is 0.376 e. The van der Waals surface area contributed by atoms with Crippen molar-refractivity contribution in [3.8, 4) is 6.07 Å². The Morgan fingerprint density at radius 1 is 1.18 bits per heavy atom. The second kappa shape index (κ2) is 10.2. The number of likely N-dealkylation sites (tertiary alicyclic amines) is 1. The fraction of sp³-hybridized carbons (Fsp3) is 0.481. The van der Waals surface area contributed by atoms with Crippen LogP contribution < -0.4 is 4.90 Å². The molecule has 0 bridgehead atoms. The Morgan fingerprint density at radius 2 is 1.91 bits per heavy atom. The molecule has 1 unspecified atom stereocenters. The molecule has 1 N–H and O–H groups in total. The summed E-state index contributed by atoms with van der Waals surface area (Å²) in [6, 6.07) is 17.0. The summed E-state index contributed by atoms with van der Waals surface area (Å²) in [5.41, 5.74) is 0.525. The zero-order valence-corrected chi connectivity index (χ0v) is 20.0. The number of nitrogens with zero attached hydrogens (tertiary/aromatic N) is 3. The van der Waals surface area contributed by atoms with E-state index in [1.807, 2.05) is 30.3 Å². The summed E-state index contributed by atoms with van der Waals surface area (Å²) in [5.74, 6) is 0.358. The molecule has 2 aromatic carbocycles. The summed E-state index contributed by atoms with van der Waals surface area (Å²) < 4.78 is 0. The van der Waals surface area contributed by atoms with Gasteiger partial charge < -0.3 is 14.9 Å². The molecule has 0 aromatic heterocycles. The fourth-order valence-corrected chi connectivity index (χ4v) is 5.48. The molecule has 0 spiro atoms. The number of amides is 1. The molecule has 2 aliphatic rings. The van der Waals surface area contributed by atoms with Gasteiger partial charge in [0.05, 0.1) is 10.6 Å². The Hall–Kier alpha value is -2.55. The smallest absolute Gasteiger partial charge is 0.258 e. The third kappa shape index (κ3) is 5.18. The third-order valence-corrected chi connectivity index (χ3v) is 7.54. The molecule has 1 aliphatic carbocycles. The molecule has 174 valence electrons. The number of carbonyl (C=O) groups excluding carboxylic acids is 1. The summed E-state index contributed by atoms with van der Waals surface area (Å²) in [6.45, 7) is 3.67. The highest BCUT2D eigenvalue weighted by Crippen LogP contribution is 2.33. The van der Waals surface area contributed by atoms with Gasteiger partial charge in [-0.15, -0.1) is 0 Å². The first kappa shape index (κ1) is 23.6. The molecule has 0 radical (unpaired) electrons. The number of hydrogen-bond donors (Lipinski definition) is 1. The van der Waals surface area contributed by atoms with Gasteiger partial charge in [0.1, 0.15) is 6.07 Å². The van der Waals surface area contributed by atoms with Gasteiger partial charge in [-0.1, -0.05) is 61.2 Å². The first-order valence-corrected chi connectivity index (χ1v) is 12.3. The van der Waals surface area contributed by atoms with E-state index in [0.29, 0.717) is 35.2 Å². The zero-order chi connectivity index (χ0) is 23.4. The van der Waals surface area contributed by atoms with Crippen LogP contribution in [-0.4, -0.2) is 41.6 Å². The van der Waals surface area contributed by atoms with Crippen LogP contribution in [0.4, 0.5) is 5.69 Å². The first-order chi connectivity index (χ1) is 15.9. The minimum absolute atomic E-state index is 0.145. The summed E-state index contributed by atoms with van der Waals surface area (Å²) in [4.78, 5) is 17.5. The minimum atomic E-state index is -1.55. The molecule has 1 saturated carbocycles. The van der Waals surface area contributed by atoms with Crippen LogP contribution in [0.25, 0.3) is 0 Å². The quantitative estimate of drug-likeness (QED) is 0.643. The van der Waals surface area contributed by atoms with Crippen molar-refractivity contribution in [1.29, 1.82) is 5.26 Å². The van der Waals surface area contributed by atoms with Crippen molar-refractivity contribution in [3.63, 3.8) is 0 Å². The van der Waals surface area contributed by atoms with Gasteiger partial charge in [0.2, 0.25) is 0 Å². The SMILES string of the molecule is CC(O)(C(=O)N1CC[C@H](N(CC2CCCCC2)c2ccc(C#N)c(Cl)c2)C1)c1ccccc1. The molecule has 6 heteroatoms. The van der Waals surface area contributed by atoms with Crippen LogP contribution >= 0.6 is 11.6 Å². The van der Waals surface area contributed by atoms with Crippen molar-refractivity contribution < 1.29 is 9.90 Å². The van der Waals surface area contributed by atoms with Gasteiger partial charge in [0, 0.05) is 31.4 Å². The van der Waals surface area contributed by atoms with E-state index in [4.69, 9.17) is 11.6 Å². The van der Waals surface area contributed by atoms with Crippen molar-refractivity contribution in [3.05, 3.63) is 64.7 Å². The maximum atomic E-state index is 13.3. The highest BCUT2D eigenvalue weighted by molar-refractivity contribution is 6.32. The lowest BCUT2D eigenvalue weighted by atomic mass is 9.88. The van der Waals surface area contributed by atoms with Gasteiger partial charge in [0.25, 0.3) is 5.91 Å². The Balaban J connectivity index is 1.54. The number of benzene rings is 2. The monoisotopic (exact) mass is 465 g/mol. The first-order valence-electron chi connectivity index (χ1n) is 11.9. The number of anilines is 1. The van der Waals surface area contributed by atoms with E-state index < -0.39 is 5.60 Å². The van der Waals surface area contributed by atoms with E-state index in [1.165, 1.54) is 32.1 Å². The van der Waals surface area contributed by atoms with Crippen molar-refractivity contribution in [2.24, 2.45) is 5.92 Å². The van der Waals surface area contributed by atoms with E-state index in [0.717, 1.165) is 18.7 Å². The number of aliphatic hydroxyl groups is 1. The van der Waals surface area contributed by atoms with Gasteiger partial charge in [-0.3, -0.25) is 4.79 Å².